The molecule has 5 rings (SSSR count). The van der Waals surface area contributed by atoms with E-state index in [1.807, 2.05) is 36.4 Å². The Morgan fingerprint density at radius 1 is 0.780 bits per heavy atom. The van der Waals surface area contributed by atoms with E-state index in [0.29, 0.717) is 35.7 Å². The first-order valence-electron chi connectivity index (χ1n) is 13.7. The summed E-state index contributed by atoms with van der Waals surface area (Å²) in [6, 6.07) is 30.9. The number of anilines is 1. The number of ketones is 1. The van der Waals surface area contributed by atoms with Crippen molar-refractivity contribution in [2.75, 3.05) is 11.9 Å². The highest BCUT2D eigenvalue weighted by atomic mass is 19.1. The minimum absolute atomic E-state index is 0.0466. The molecule has 1 aliphatic heterocycles. The number of halogens is 1. The topological polar surface area (TPSA) is 75.7 Å². The van der Waals surface area contributed by atoms with Crippen LogP contribution in [0.2, 0.25) is 0 Å². The van der Waals surface area contributed by atoms with E-state index < -0.39 is 6.04 Å². The van der Waals surface area contributed by atoms with Crippen molar-refractivity contribution in [3.05, 3.63) is 126 Å². The van der Waals surface area contributed by atoms with E-state index in [9.17, 15) is 18.8 Å². The van der Waals surface area contributed by atoms with Crippen molar-refractivity contribution in [1.82, 2.24) is 4.90 Å². The number of amides is 2. The first kappa shape index (κ1) is 27.8. The number of carbonyl (C=O) groups is 3. The molecule has 2 amide bonds. The number of carbonyl (C=O) groups excluding carboxylic acids is 3. The van der Waals surface area contributed by atoms with Gasteiger partial charge in [0.25, 0.3) is 0 Å². The molecule has 0 aromatic heterocycles. The summed E-state index contributed by atoms with van der Waals surface area (Å²) < 4.78 is 18.9. The van der Waals surface area contributed by atoms with Crippen LogP contribution >= 0.6 is 0 Å². The Kier molecular flexibility index (Phi) is 8.84. The molecular weight excluding hydrogens is 519 g/mol. The quantitative estimate of drug-likeness (QED) is 0.224. The summed E-state index contributed by atoms with van der Waals surface area (Å²) in [5.41, 5.74) is 2.30. The van der Waals surface area contributed by atoms with E-state index in [2.05, 4.69) is 5.32 Å². The van der Waals surface area contributed by atoms with Gasteiger partial charge in [0.1, 0.15) is 23.4 Å². The van der Waals surface area contributed by atoms with Crippen LogP contribution in [0.5, 0.6) is 11.5 Å². The summed E-state index contributed by atoms with van der Waals surface area (Å²) in [6.45, 7) is 0.454. The Bertz CT molecular complexity index is 1480. The number of likely N-dealkylation sites (tertiary alicyclic amines) is 1. The smallest absolute Gasteiger partial charge is 0.247 e. The molecular formula is C34H31FN2O4. The van der Waals surface area contributed by atoms with Crippen molar-refractivity contribution in [2.45, 2.75) is 31.7 Å². The van der Waals surface area contributed by atoms with Crippen LogP contribution < -0.4 is 10.1 Å². The van der Waals surface area contributed by atoms with Gasteiger partial charge in [-0.25, -0.2) is 4.39 Å². The number of Topliss-reactive ketones (excluding diaryl/α,β-unsaturated/α-hetero) is 1. The number of hydrogen-bond donors (Lipinski definition) is 1. The highest BCUT2D eigenvalue weighted by molar-refractivity contribution is 6.00. The second kappa shape index (κ2) is 13.0. The molecule has 0 bridgehead atoms. The lowest BCUT2D eigenvalue weighted by Gasteiger charge is -2.24. The van der Waals surface area contributed by atoms with Crippen LogP contribution in [0.4, 0.5) is 10.1 Å². The summed E-state index contributed by atoms with van der Waals surface area (Å²) in [5.74, 6) is 0.250. The fraction of sp³-hybridized carbons (Fsp3) is 0.206. The highest BCUT2D eigenvalue weighted by Crippen LogP contribution is 2.29. The lowest BCUT2D eigenvalue weighted by atomic mass is 9.96. The van der Waals surface area contributed by atoms with Gasteiger partial charge in [0.2, 0.25) is 11.8 Å². The van der Waals surface area contributed by atoms with Crippen LogP contribution in [0.1, 0.15) is 35.2 Å². The third-order valence-electron chi connectivity index (χ3n) is 7.21. The second-order valence-corrected chi connectivity index (χ2v) is 10.2. The van der Waals surface area contributed by atoms with Gasteiger partial charge in [-0.3, -0.25) is 14.4 Å². The SMILES string of the molecule is O=C(CCC(=O)N1CC(Cc2ccccc2)CC1C(=O)Nc1ccc(Oc2ccc(F)cc2)cc1)c1ccccc1. The van der Waals surface area contributed by atoms with Gasteiger partial charge in [-0.2, -0.15) is 0 Å². The average molecular weight is 551 g/mol. The zero-order valence-electron chi connectivity index (χ0n) is 22.5. The Balaban J connectivity index is 1.24. The zero-order valence-corrected chi connectivity index (χ0v) is 22.5. The van der Waals surface area contributed by atoms with E-state index >= 15 is 0 Å². The fourth-order valence-corrected chi connectivity index (χ4v) is 5.15. The van der Waals surface area contributed by atoms with Crippen molar-refractivity contribution < 1.29 is 23.5 Å². The average Bonchev–Trinajstić information content (AvgIpc) is 3.43. The lowest BCUT2D eigenvalue weighted by molar-refractivity contribution is -0.136. The second-order valence-electron chi connectivity index (χ2n) is 10.2. The molecule has 41 heavy (non-hydrogen) atoms. The summed E-state index contributed by atoms with van der Waals surface area (Å²) in [6.07, 6.45) is 1.43. The molecule has 0 spiro atoms. The molecule has 1 N–H and O–H groups in total. The maximum Gasteiger partial charge on any atom is 0.247 e. The van der Waals surface area contributed by atoms with Gasteiger partial charge in [-0.15, -0.1) is 0 Å². The van der Waals surface area contributed by atoms with E-state index in [0.717, 1.165) is 12.0 Å². The number of nitrogens with zero attached hydrogens (tertiary/aromatic N) is 1. The normalized spacial score (nSPS) is 16.3. The van der Waals surface area contributed by atoms with E-state index in [1.54, 1.807) is 53.4 Å². The highest BCUT2D eigenvalue weighted by Gasteiger charge is 2.39. The van der Waals surface area contributed by atoms with Crippen LogP contribution in [-0.2, 0) is 16.0 Å². The number of hydrogen-bond acceptors (Lipinski definition) is 4. The number of benzene rings is 4. The molecule has 1 fully saturated rings. The van der Waals surface area contributed by atoms with Crippen molar-refractivity contribution in [2.24, 2.45) is 5.92 Å². The molecule has 6 nitrogen and oxygen atoms in total. The van der Waals surface area contributed by atoms with Gasteiger partial charge in [0.15, 0.2) is 5.78 Å². The van der Waals surface area contributed by atoms with Crippen LogP contribution in [0, 0.1) is 11.7 Å². The molecule has 0 saturated carbocycles. The molecule has 7 heteroatoms. The van der Waals surface area contributed by atoms with Crippen LogP contribution in [0.3, 0.4) is 0 Å². The molecule has 0 aliphatic carbocycles. The zero-order chi connectivity index (χ0) is 28.6. The Hall–Kier alpha value is -4.78. The summed E-state index contributed by atoms with van der Waals surface area (Å²) >= 11 is 0. The minimum Gasteiger partial charge on any atom is -0.457 e. The summed E-state index contributed by atoms with van der Waals surface area (Å²) in [4.78, 5) is 41.0. The number of nitrogens with one attached hydrogen (secondary N) is 1. The van der Waals surface area contributed by atoms with Crippen molar-refractivity contribution in [1.29, 1.82) is 0 Å². The van der Waals surface area contributed by atoms with Crippen molar-refractivity contribution in [3.63, 3.8) is 0 Å². The van der Waals surface area contributed by atoms with E-state index in [-0.39, 0.29) is 42.2 Å². The van der Waals surface area contributed by atoms with Gasteiger partial charge in [-0.1, -0.05) is 60.7 Å². The molecule has 4 aromatic carbocycles. The summed E-state index contributed by atoms with van der Waals surface area (Å²) in [5, 5.41) is 2.94. The first-order valence-corrected chi connectivity index (χ1v) is 13.7. The molecule has 1 heterocycles. The Morgan fingerprint density at radius 2 is 1.39 bits per heavy atom. The molecule has 1 aliphatic rings. The standard InChI is InChI=1S/C34H31FN2O4/c35-27-11-15-29(16-12-27)41-30-17-13-28(14-18-30)36-34(40)31-22-25(21-24-7-3-1-4-8-24)23-37(31)33(39)20-19-32(38)26-9-5-2-6-10-26/h1-18,25,31H,19-23H2,(H,36,40). The summed E-state index contributed by atoms with van der Waals surface area (Å²) in [7, 11) is 0. The third kappa shape index (κ3) is 7.45. The van der Waals surface area contributed by atoms with E-state index in [1.165, 1.54) is 24.3 Å². The van der Waals surface area contributed by atoms with Gasteiger partial charge >= 0.3 is 0 Å². The van der Waals surface area contributed by atoms with Gasteiger partial charge < -0.3 is 15.0 Å². The molecule has 4 aromatic rings. The predicted octanol–water partition coefficient (Wildman–Crippen LogP) is 6.68. The molecule has 2 atom stereocenters. The molecule has 1 saturated heterocycles. The maximum atomic E-state index is 13.5. The van der Waals surface area contributed by atoms with Crippen molar-refractivity contribution in [3.8, 4) is 11.5 Å². The van der Waals surface area contributed by atoms with Gasteiger partial charge in [-0.05, 0) is 72.9 Å². The molecule has 2 unspecified atom stereocenters. The minimum atomic E-state index is -0.641. The maximum absolute atomic E-state index is 13.5. The lowest BCUT2D eigenvalue weighted by Crippen LogP contribution is -2.43. The Labute approximate surface area is 238 Å². The number of rotatable bonds is 10. The monoisotopic (exact) mass is 550 g/mol. The molecule has 0 radical (unpaired) electrons. The van der Waals surface area contributed by atoms with Crippen LogP contribution in [0.15, 0.2) is 109 Å². The predicted molar refractivity (Wildman–Crippen MR) is 155 cm³/mol. The third-order valence-corrected chi connectivity index (χ3v) is 7.21. The Morgan fingerprint density at radius 3 is 2.05 bits per heavy atom. The van der Waals surface area contributed by atoms with Gasteiger partial charge in [0.05, 0.1) is 0 Å². The largest absolute Gasteiger partial charge is 0.457 e. The fourth-order valence-electron chi connectivity index (χ4n) is 5.15. The van der Waals surface area contributed by atoms with Crippen LogP contribution in [-0.4, -0.2) is 35.1 Å². The van der Waals surface area contributed by atoms with Gasteiger partial charge in [0, 0.05) is 30.6 Å². The molecule has 208 valence electrons. The first-order chi connectivity index (χ1) is 19.9. The van der Waals surface area contributed by atoms with Crippen LogP contribution in [0.25, 0.3) is 0 Å². The van der Waals surface area contributed by atoms with E-state index in [4.69, 9.17) is 4.74 Å². The number of ether oxygens (including phenoxy) is 1. The van der Waals surface area contributed by atoms with Crippen molar-refractivity contribution >= 4 is 23.3 Å².